The number of allylic oxidation sites excluding steroid dienone is 1. The Labute approximate surface area is 245 Å². The van der Waals surface area contributed by atoms with Crippen LogP contribution in [0.25, 0.3) is 0 Å². The number of hydrogen-bond donors (Lipinski definition) is 2. The van der Waals surface area contributed by atoms with Crippen molar-refractivity contribution >= 4 is 35.2 Å². The van der Waals surface area contributed by atoms with E-state index in [1.165, 1.54) is 0 Å². The Morgan fingerprint density at radius 1 is 1.10 bits per heavy atom. The van der Waals surface area contributed by atoms with Crippen molar-refractivity contribution in [2.75, 3.05) is 43.2 Å². The molecule has 2 amide bonds. The minimum atomic E-state index is -0.584. The molecule has 0 fully saturated rings. The summed E-state index contributed by atoms with van der Waals surface area (Å²) in [7, 11) is 1.55. The maximum atomic E-state index is 13.8. The molecule has 0 spiro atoms. The molecule has 4 rings (SSSR count). The lowest BCUT2D eigenvalue weighted by molar-refractivity contribution is -0.133. The number of para-hydroxylation sites is 1. The molecule has 1 aromatic heterocycles. The maximum Gasteiger partial charge on any atom is 0.260 e. The highest BCUT2D eigenvalue weighted by Crippen LogP contribution is 2.40. The number of carbonyl (C=O) groups is 2. The van der Waals surface area contributed by atoms with E-state index in [2.05, 4.69) is 22.5 Å². The number of fused-ring (bicyclic) bond motifs is 1. The number of methoxy groups -OCH3 is 1. The van der Waals surface area contributed by atoms with Gasteiger partial charge in [-0.1, -0.05) is 43.0 Å². The number of rotatable bonds is 12. The number of nitrogens with zero attached hydrogens (tertiary/aromatic N) is 4. The van der Waals surface area contributed by atoms with Gasteiger partial charge >= 0.3 is 0 Å². The van der Waals surface area contributed by atoms with Crippen LogP contribution in [0.15, 0.2) is 58.9 Å². The van der Waals surface area contributed by atoms with Crippen LogP contribution < -0.4 is 20.1 Å². The molecular weight excluding hydrogens is 540 g/mol. The zero-order valence-corrected chi connectivity index (χ0v) is 25.3. The third-order valence-electron chi connectivity index (χ3n) is 6.88. The number of aromatic nitrogens is 3. The van der Waals surface area contributed by atoms with Crippen LogP contribution in [0.5, 0.6) is 11.5 Å². The van der Waals surface area contributed by atoms with Crippen molar-refractivity contribution in [3.05, 3.63) is 64.9 Å². The van der Waals surface area contributed by atoms with Crippen LogP contribution in [0.1, 0.15) is 51.3 Å². The van der Waals surface area contributed by atoms with Gasteiger partial charge in [-0.2, -0.15) is 4.98 Å². The van der Waals surface area contributed by atoms with E-state index in [0.717, 1.165) is 29.0 Å². The topological polar surface area (TPSA) is 111 Å². The average Bonchev–Trinajstić information content (AvgIpc) is 3.38. The van der Waals surface area contributed by atoms with Crippen molar-refractivity contribution in [1.82, 2.24) is 19.7 Å². The maximum absolute atomic E-state index is 13.8. The van der Waals surface area contributed by atoms with Gasteiger partial charge in [-0.05, 0) is 63.4 Å². The van der Waals surface area contributed by atoms with E-state index in [1.807, 2.05) is 64.1 Å². The van der Waals surface area contributed by atoms with Crippen LogP contribution in [0, 0.1) is 6.92 Å². The second-order valence-electron chi connectivity index (χ2n) is 9.61. The van der Waals surface area contributed by atoms with E-state index in [1.54, 1.807) is 34.5 Å². The number of thioether (sulfide) groups is 1. The molecule has 1 aliphatic rings. The second kappa shape index (κ2) is 13.6. The third-order valence-corrected chi connectivity index (χ3v) is 7.92. The van der Waals surface area contributed by atoms with Gasteiger partial charge in [0.1, 0.15) is 6.04 Å². The van der Waals surface area contributed by atoms with Crippen LogP contribution >= 0.6 is 11.8 Å². The fraction of sp³-hybridized carbons (Fsp3) is 0.400. The van der Waals surface area contributed by atoms with Gasteiger partial charge < -0.3 is 25.0 Å². The first-order chi connectivity index (χ1) is 19.8. The highest BCUT2D eigenvalue weighted by atomic mass is 32.2. The number of ether oxygens (including phenoxy) is 2. The fourth-order valence-electron chi connectivity index (χ4n) is 4.67. The Hall–Kier alpha value is -3.99. The molecule has 0 aliphatic carbocycles. The number of nitrogens with one attached hydrogen (secondary N) is 2. The van der Waals surface area contributed by atoms with Crippen molar-refractivity contribution in [1.29, 1.82) is 0 Å². The molecule has 41 heavy (non-hydrogen) atoms. The van der Waals surface area contributed by atoms with Crippen molar-refractivity contribution in [2.24, 2.45) is 0 Å². The first-order valence-electron chi connectivity index (χ1n) is 13.8. The molecule has 0 bridgehead atoms. The summed E-state index contributed by atoms with van der Waals surface area (Å²) in [6.07, 6.45) is 0.988. The smallest absolute Gasteiger partial charge is 0.260 e. The summed E-state index contributed by atoms with van der Waals surface area (Å²) in [6.45, 7) is 10.9. The Balaban J connectivity index is 1.72. The molecule has 2 aromatic carbocycles. The Bertz CT molecular complexity index is 1430. The summed E-state index contributed by atoms with van der Waals surface area (Å²) >= 11 is 1.57. The average molecular weight is 579 g/mol. The molecule has 0 radical (unpaired) electrons. The zero-order valence-electron chi connectivity index (χ0n) is 24.5. The fourth-order valence-corrected chi connectivity index (χ4v) is 5.35. The lowest BCUT2D eigenvalue weighted by Crippen LogP contribution is -2.34. The van der Waals surface area contributed by atoms with E-state index in [9.17, 15) is 9.59 Å². The van der Waals surface area contributed by atoms with Crippen molar-refractivity contribution in [3.8, 4) is 11.5 Å². The van der Waals surface area contributed by atoms with Crippen LogP contribution in [0.2, 0.25) is 0 Å². The predicted octanol–water partition coefficient (Wildman–Crippen LogP) is 5.27. The van der Waals surface area contributed by atoms with Gasteiger partial charge in [0.2, 0.25) is 11.1 Å². The lowest BCUT2D eigenvalue weighted by atomic mass is 9.94. The third kappa shape index (κ3) is 6.67. The minimum Gasteiger partial charge on any atom is -0.493 e. The monoisotopic (exact) mass is 578 g/mol. The van der Waals surface area contributed by atoms with Gasteiger partial charge in [0.15, 0.2) is 18.1 Å². The molecule has 1 atom stereocenters. The van der Waals surface area contributed by atoms with Gasteiger partial charge in [0.05, 0.1) is 12.7 Å². The first-order valence-corrected chi connectivity index (χ1v) is 14.8. The summed E-state index contributed by atoms with van der Waals surface area (Å²) in [5.41, 5.74) is 3.64. The van der Waals surface area contributed by atoms with E-state index >= 15 is 0 Å². The molecule has 1 aliphatic heterocycles. The van der Waals surface area contributed by atoms with Crippen molar-refractivity contribution in [3.63, 3.8) is 0 Å². The van der Waals surface area contributed by atoms with Crippen molar-refractivity contribution < 1.29 is 19.1 Å². The van der Waals surface area contributed by atoms with Crippen LogP contribution in [-0.4, -0.2) is 64.0 Å². The van der Waals surface area contributed by atoms with E-state index < -0.39 is 6.04 Å². The van der Waals surface area contributed by atoms with Gasteiger partial charge in [0, 0.05) is 30.2 Å². The van der Waals surface area contributed by atoms with Gasteiger partial charge in [-0.3, -0.25) is 9.59 Å². The summed E-state index contributed by atoms with van der Waals surface area (Å²) < 4.78 is 13.3. The molecule has 2 heterocycles. The molecule has 218 valence electrons. The summed E-state index contributed by atoms with van der Waals surface area (Å²) in [5.74, 6) is 1.98. The van der Waals surface area contributed by atoms with Crippen LogP contribution in [-0.2, 0) is 9.59 Å². The Morgan fingerprint density at radius 2 is 1.85 bits per heavy atom. The number of likely N-dealkylation sites (N-methyl/N-ethyl adjacent to an activating group) is 1. The highest BCUT2D eigenvalue weighted by molar-refractivity contribution is 7.99. The minimum absolute atomic E-state index is 0.0982. The Kier molecular flexibility index (Phi) is 9.93. The molecule has 11 heteroatoms. The van der Waals surface area contributed by atoms with Crippen molar-refractivity contribution in [2.45, 2.75) is 52.2 Å². The predicted molar refractivity (Wildman–Crippen MR) is 162 cm³/mol. The lowest BCUT2D eigenvalue weighted by Gasteiger charge is -2.29. The Morgan fingerprint density at radius 3 is 2.54 bits per heavy atom. The highest BCUT2D eigenvalue weighted by Gasteiger charge is 2.35. The first kappa shape index (κ1) is 30.0. The van der Waals surface area contributed by atoms with E-state index in [-0.39, 0.29) is 18.4 Å². The largest absolute Gasteiger partial charge is 0.493 e. The normalized spacial score (nSPS) is 14.2. The van der Waals surface area contributed by atoms with E-state index in [0.29, 0.717) is 47.0 Å². The summed E-state index contributed by atoms with van der Waals surface area (Å²) in [4.78, 5) is 32.8. The van der Waals surface area contributed by atoms with E-state index in [4.69, 9.17) is 14.6 Å². The molecule has 1 unspecified atom stereocenters. The van der Waals surface area contributed by atoms with Gasteiger partial charge in [-0.25, -0.2) is 4.68 Å². The SMILES string of the molecule is CCCSc1nc2n(n1)C(c1ccc(OCC(=O)N(CC)CC)c(OC)c1)C(C(=O)Nc1ccccc1C)=C(C)N2. The molecule has 0 saturated heterocycles. The number of aryl methyl sites for hydroxylation is 1. The molecule has 10 nitrogen and oxygen atoms in total. The van der Waals surface area contributed by atoms with Crippen LogP contribution in [0.3, 0.4) is 0 Å². The number of anilines is 2. The summed E-state index contributed by atoms with van der Waals surface area (Å²) in [5, 5.41) is 11.8. The van der Waals surface area contributed by atoms with Gasteiger partial charge in [-0.15, -0.1) is 5.10 Å². The van der Waals surface area contributed by atoms with Crippen LogP contribution in [0.4, 0.5) is 11.6 Å². The molecule has 3 aromatic rings. The molecular formula is C30H38N6O4S. The summed E-state index contributed by atoms with van der Waals surface area (Å²) in [6, 6.07) is 12.5. The number of hydrogen-bond acceptors (Lipinski definition) is 8. The molecule has 0 saturated carbocycles. The quantitative estimate of drug-likeness (QED) is 0.280. The number of amides is 2. The number of benzene rings is 2. The van der Waals surface area contributed by atoms with Gasteiger partial charge in [0.25, 0.3) is 11.8 Å². The number of carbonyl (C=O) groups excluding carboxylic acids is 2. The molecule has 2 N–H and O–H groups in total. The second-order valence-corrected chi connectivity index (χ2v) is 10.7. The zero-order chi connectivity index (χ0) is 29.5. The standard InChI is InChI=1S/C30H38N6O4S/c1-7-16-41-30-33-29-31-20(5)26(28(38)32-22-13-11-10-12-19(22)4)27(36(29)34-30)21-14-15-23(24(17-21)39-6)40-18-25(37)35(8-2)9-3/h10-15,17,27H,7-9,16,18H2,1-6H3,(H,32,38)(H,31,33,34).